The molecule has 1 fully saturated rings. The lowest BCUT2D eigenvalue weighted by molar-refractivity contribution is -0.123. The molecule has 1 atom stereocenters. The summed E-state index contributed by atoms with van der Waals surface area (Å²) in [6, 6.07) is 15.5. The van der Waals surface area contributed by atoms with E-state index < -0.39 is 0 Å². The number of ether oxygens (including phenoxy) is 1. The third-order valence-electron chi connectivity index (χ3n) is 5.37. The van der Waals surface area contributed by atoms with Crippen molar-refractivity contribution in [3.8, 4) is 5.75 Å². The van der Waals surface area contributed by atoms with Crippen molar-refractivity contribution in [2.45, 2.75) is 38.6 Å². The lowest BCUT2D eigenvalue weighted by Gasteiger charge is -2.28. The molecule has 5 nitrogen and oxygen atoms in total. The van der Waals surface area contributed by atoms with E-state index in [-0.39, 0.29) is 24.3 Å². The van der Waals surface area contributed by atoms with Gasteiger partial charge in [-0.15, -0.1) is 0 Å². The zero-order chi connectivity index (χ0) is 21.3. The van der Waals surface area contributed by atoms with E-state index in [0.717, 1.165) is 30.6 Å². The quantitative estimate of drug-likeness (QED) is 0.616. The van der Waals surface area contributed by atoms with Crippen LogP contribution in [0.5, 0.6) is 5.75 Å². The van der Waals surface area contributed by atoms with Gasteiger partial charge in [0.2, 0.25) is 0 Å². The van der Waals surface area contributed by atoms with Gasteiger partial charge < -0.3 is 14.8 Å². The molecule has 2 aromatic rings. The van der Waals surface area contributed by atoms with Crippen LogP contribution in [0.4, 0.5) is 0 Å². The molecule has 0 saturated carbocycles. The van der Waals surface area contributed by atoms with Crippen molar-refractivity contribution in [3.05, 3.63) is 64.7 Å². The van der Waals surface area contributed by atoms with Gasteiger partial charge in [0.15, 0.2) is 6.61 Å². The number of aryl methyl sites for hydroxylation is 1. The second kappa shape index (κ2) is 11.1. The molecule has 160 valence electrons. The SMILES string of the molecule is CC(=O)CCc1ccc(OCC(=O)NCC(c2cccc(Cl)c2)N2CCCC2)cc1. The van der Waals surface area contributed by atoms with Crippen molar-refractivity contribution in [1.29, 1.82) is 0 Å². The lowest BCUT2D eigenvalue weighted by Crippen LogP contribution is -2.38. The summed E-state index contributed by atoms with van der Waals surface area (Å²) < 4.78 is 5.62. The zero-order valence-corrected chi connectivity index (χ0v) is 18.2. The number of halogens is 1. The monoisotopic (exact) mass is 428 g/mol. The van der Waals surface area contributed by atoms with Crippen LogP contribution >= 0.6 is 11.6 Å². The number of carbonyl (C=O) groups excluding carboxylic acids is 2. The summed E-state index contributed by atoms with van der Waals surface area (Å²) in [6.07, 6.45) is 3.61. The van der Waals surface area contributed by atoms with Gasteiger partial charge in [-0.25, -0.2) is 0 Å². The maximum atomic E-state index is 12.4. The molecule has 0 spiro atoms. The normalized spacial score (nSPS) is 15.0. The Hall–Kier alpha value is -2.37. The molecule has 1 amide bonds. The Morgan fingerprint density at radius 2 is 1.87 bits per heavy atom. The van der Waals surface area contributed by atoms with Crippen LogP contribution < -0.4 is 10.1 Å². The van der Waals surface area contributed by atoms with Gasteiger partial charge in [-0.3, -0.25) is 9.69 Å². The highest BCUT2D eigenvalue weighted by atomic mass is 35.5. The van der Waals surface area contributed by atoms with Crippen LogP contribution in [-0.4, -0.2) is 42.8 Å². The maximum absolute atomic E-state index is 12.4. The standard InChI is InChI=1S/C24H29ClN2O3/c1-18(28)7-8-19-9-11-22(12-10-19)30-17-24(29)26-16-23(27-13-2-3-14-27)20-5-4-6-21(25)15-20/h4-6,9-12,15,23H,2-3,7-8,13-14,16-17H2,1H3,(H,26,29). The number of Topliss-reactive ketones (excluding diaryl/α,β-unsaturated/α-hetero) is 1. The first-order valence-electron chi connectivity index (χ1n) is 10.5. The number of hydrogen-bond acceptors (Lipinski definition) is 4. The predicted octanol–water partition coefficient (Wildman–Crippen LogP) is 4.19. The summed E-state index contributed by atoms with van der Waals surface area (Å²) in [7, 11) is 0. The minimum Gasteiger partial charge on any atom is -0.484 e. The Balaban J connectivity index is 1.50. The smallest absolute Gasteiger partial charge is 0.258 e. The molecule has 2 aromatic carbocycles. The first kappa shape index (κ1) is 22.3. The number of benzene rings is 2. The van der Waals surface area contributed by atoms with Gasteiger partial charge in [0.05, 0.1) is 6.04 Å². The molecule has 1 heterocycles. The molecular weight excluding hydrogens is 400 g/mol. The maximum Gasteiger partial charge on any atom is 0.258 e. The summed E-state index contributed by atoms with van der Waals surface area (Å²) in [4.78, 5) is 25.8. The molecule has 0 bridgehead atoms. The van der Waals surface area contributed by atoms with E-state index in [1.54, 1.807) is 6.92 Å². The second-order valence-electron chi connectivity index (χ2n) is 7.75. The number of nitrogens with one attached hydrogen (secondary N) is 1. The van der Waals surface area contributed by atoms with Crippen LogP contribution in [0.1, 0.15) is 43.4 Å². The van der Waals surface area contributed by atoms with Crippen LogP contribution in [0.25, 0.3) is 0 Å². The fraction of sp³-hybridized carbons (Fsp3) is 0.417. The van der Waals surface area contributed by atoms with E-state index >= 15 is 0 Å². The predicted molar refractivity (Wildman–Crippen MR) is 119 cm³/mol. The molecule has 0 aromatic heterocycles. The molecule has 3 rings (SSSR count). The summed E-state index contributed by atoms with van der Waals surface area (Å²) in [6.45, 7) is 4.14. The van der Waals surface area contributed by atoms with Gasteiger partial charge in [0, 0.05) is 18.0 Å². The number of nitrogens with zero attached hydrogens (tertiary/aromatic N) is 1. The summed E-state index contributed by atoms with van der Waals surface area (Å²) >= 11 is 6.18. The molecule has 1 aliphatic rings. The van der Waals surface area contributed by atoms with Crippen LogP contribution in [0, 0.1) is 0 Å². The average molecular weight is 429 g/mol. The highest BCUT2D eigenvalue weighted by molar-refractivity contribution is 6.30. The first-order chi connectivity index (χ1) is 14.5. The van der Waals surface area contributed by atoms with E-state index in [2.05, 4.69) is 16.3 Å². The van der Waals surface area contributed by atoms with Crippen molar-refractivity contribution < 1.29 is 14.3 Å². The molecule has 1 unspecified atom stereocenters. The topological polar surface area (TPSA) is 58.6 Å². The molecule has 6 heteroatoms. The number of ketones is 1. The average Bonchev–Trinajstić information content (AvgIpc) is 3.26. The largest absolute Gasteiger partial charge is 0.484 e. The minimum absolute atomic E-state index is 0.0327. The van der Waals surface area contributed by atoms with Gasteiger partial charge in [-0.2, -0.15) is 0 Å². The van der Waals surface area contributed by atoms with E-state index in [1.807, 2.05) is 42.5 Å². The highest BCUT2D eigenvalue weighted by Gasteiger charge is 2.24. The number of carbonyl (C=O) groups is 2. The summed E-state index contributed by atoms with van der Waals surface area (Å²) in [5.41, 5.74) is 2.20. The van der Waals surface area contributed by atoms with E-state index in [1.165, 1.54) is 12.8 Å². The van der Waals surface area contributed by atoms with Crippen molar-refractivity contribution in [1.82, 2.24) is 10.2 Å². The van der Waals surface area contributed by atoms with E-state index in [9.17, 15) is 9.59 Å². The zero-order valence-electron chi connectivity index (χ0n) is 17.4. The Bertz CT molecular complexity index is 848. The second-order valence-corrected chi connectivity index (χ2v) is 8.19. The van der Waals surface area contributed by atoms with Crippen LogP contribution in [0.3, 0.4) is 0 Å². The summed E-state index contributed by atoms with van der Waals surface area (Å²) in [5.74, 6) is 0.668. The first-order valence-corrected chi connectivity index (χ1v) is 10.9. The van der Waals surface area contributed by atoms with Crippen LogP contribution in [0.2, 0.25) is 5.02 Å². The van der Waals surface area contributed by atoms with Gasteiger partial charge >= 0.3 is 0 Å². The fourth-order valence-corrected chi connectivity index (χ4v) is 3.91. The highest BCUT2D eigenvalue weighted by Crippen LogP contribution is 2.26. The van der Waals surface area contributed by atoms with Crippen LogP contribution in [0.15, 0.2) is 48.5 Å². The van der Waals surface area contributed by atoms with Gasteiger partial charge in [-0.1, -0.05) is 35.9 Å². The van der Waals surface area contributed by atoms with E-state index in [4.69, 9.17) is 16.3 Å². The summed E-state index contributed by atoms with van der Waals surface area (Å²) in [5, 5.41) is 3.71. The lowest BCUT2D eigenvalue weighted by atomic mass is 10.1. The molecule has 1 saturated heterocycles. The van der Waals surface area contributed by atoms with E-state index in [0.29, 0.717) is 23.7 Å². The van der Waals surface area contributed by atoms with Crippen molar-refractivity contribution in [2.24, 2.45) is 0 Å². The van der Waals surface area contributed by atoms with Gasteiger partial charge in [-0.05, 0) is 74.7 Å². The molecule has 30 heavy (non-hydrogen) atoms. The van der Waals surface area contributed by atoms with Crippen molar-refractivity contribution in [2.75, 3.05) is 26.2 Å². The molecule has 0 aliphatic carbocycles. The third kappa shape index (κ3) is 6.85. The number of hydrogen-bond donors (Lipinski definition) is 1. The van der Waals surface area contributed by atoms with Crippen molar-refractivity contribution in [3.63, 3.8) is 0 Å². The number of amides is 1. The number of rotatable bonds is 10. The molecule has 0 radical (unpaired) electrons. The Kier molecular flexibility index (Phi) is 8.29. The number of likely N-dealkylation sites (tertiary alicyclic amines) is 1. The Morgan fingerprint density at radius 3 is 2.53 bits per heavy atom. The minimum atomic E-state index is -0.151. The van der Waals surface area contributed by atoms with Crippen molar-refractivity contribution >= 4 is 23.3 Å². The fourth-order valence-electron chi connectivity index (χ4n) is 3.71. The molecule has 1 N–H and O–H groups in total. The van der Waals surface area contributed by atoms with Gasteiger partial charge in [0.25, 0.3) is 5.91 Å². The third-order valence-corrected chi connectivity index (χ3v) is 5.60. The van der Waals surface area contributed by atoms with Crippen LogP contribution in [-0.2, 0) is 16.0 Å². The Morgan fingerprint density at radius 1 is 1.13 bits per heavy atom. The molecular formula is C24H29ClN2O3. The van der Waals surface area contributed by atoms with Gasteiger partial charge in [0.1, 0.15) is 11.5 Å². The molecule has 1 aliphatic heterocycles. The Labute approximate surface area is 183 Å².